The van der Waals surface area contributed by atoms with Crippen molar-refractivity contribution in [2.24, 2.45) is 0 Å². The third-order valence-electron chi connectivity index (χ3n) is 6.13. The molecule has 2 aromatic carbocycles. The summed E-state index contributed by atoms with van der Waals surface area (Å²) in [4.78, 5) is 2.56. The van der Waals surface area contributed by atoms with Crippen LogP contribution in [0.15, 0.2) is 42.5 Å². The molecule has 0 radical (unpaired) electrons. The van der Waals surface area contributed by atoms with Crippen molar-refractivity contribution in [1.29, 1.82) is 0 Å². The lowest BCUT2D eigenvalue weighted by atomic mass is 9.80. The van der Waals surface area contributed by atoms with Gasteiger partial charge in [0.25, 0.3) is 0 Å². The van der Waals surface area contributed by atoms with Crippen LogP contribution in [0.5, 0.6) is 11.5 Å². The zero-order chi connectivity index (χ0) is 19.0. The van der Waals surface area contributed by atoms with Gasteiger partial charge in [-0.1, -0.05) is 29.8 Å². The van der Waals surface area contributed by atoms with E-state index in [-0.39, 0.29) is 0 Å². The lowest BCUT2D eigenvalue weighted by Gasteiger charge is -2.44. The van der Waals surface area contributed by atoms with E-state index < -0.39 is 5.60 Å². The molecule has 2 aliphatic rings. The maximum absolute atomic E-state index is 11.4. The van der Waals surface area contributed by atoms with Crippen LogP contribution in [0.3, 0.4) is 0 Å². The third-order valence-corrected chi connectivity index (χ3v) is 6.44. The second-order valence-corrected chi connectivity index (χ2v) is 8.10. The minimum Gasteiger partial charge on any atom is -0.497 e. The quantitative estimate of drug-likeness (QED) is 0.827. The van der Waals surface area contributed by atoms with Crippen LogP contribution in [0.1, 0.15) is 36.8 Å². The smallest absolute Gasteiger partial charge is 0.137 e. The Balaban J connectivity index is 1.52. The van der Waals surface area contributed by atoms with Crippen molar-refractivity contribution in [1.82, 2.24) is 4.90 Å². The van der Waals surface area contributed by atoms with Crippen LogP contribution in [0.25, 0.3) is 0 Å². The Morgan fingerprint density at radius 2 is 1.70 bits per heavy atom. The van der Waals surface area contributed by atoms with E-state index in [4.69, 9.17) is 21.1 Å². The van der Waals surface area contributed by atoms with Gasteiger partial charge in [0, 0.05) is 18.6 Å². The van der Waals surface area contributed by atoms with Gasteiger partial charge in [-0.15, -0.1) is 0 Å². The van der Waals surface area contributed by atoms with Crippen LogP contribution in [-0.4, -0.2) is 36.3 Å². The van der Waals surface area contributed by atoms with Gasteiger partial charge in [-0.25, -0.2) is 0 Å². The monoisotopic (exact) mass is 387 g/mol. The van der Waals surface area contributed by atoms with Crippen molar-refractivity contribution in [3.8, 4) is 11.5 Å². The maximum atomic E-state index is 11.4. The van der Waals surface area contributed by atoms with E-state index >= 15 is 0 Å². The molecule has 0 spiro atoms. The number of nitrogens with zero attached hydrogens (tertiary/aromatic N) is 1. The average Bonchev–Trinajstić information content (AvgIpc) is 2.92. The molecule has 2 aliphatic heterocycles. The number of aliphatic hydroxyl groups is 1. The number of benzene rings is 2. The molecule has 4 rings (SSSR count). The molecule has 0 saturated carbocycles. The van der Waals surface area contributed by atoms with Gasteiger partial charge in [-0.2, -0.15) is 0 Å². The predicted octanol–water partition coefficient (Wildman–Crippen LogP) is 4.37. The number of methoxy groups -OCH3 is 2. The summed E-state index contributed by atoms with van der Waals surface area (Å²) in [6, 6.07) is 14.7. The molecule has 144 valence electrons. The van der Waals surface area contributed by atoms with E-state index in [2.05, 4.69) is 17.0 Å². The molecule has 2 fully saturated rings. The number of rotatable bonds is 5. The van der Waals surface area contributed by atoms with Gasteiger partial charge < -0.3 is 14.6 Å². The highest BCUT2D eigenvalue weighted by Gasteiger charge is 2.48. The number of hydrogen-bond donors (Lipinski definition) is 1. The predicted molar refractivity (Wildman–Crippen MR) is 106 cm³/mol. The first-order chi connectivity index (χ1) is 13.0. The van der Waals surface area contributed by atoms with Gasteiger partial charge in [-0.3, -0.25) is 4.90 Å². The molecule has 2 bridgehead atoms. The van der Waals surface area contributed by atoms with Crippen LogP contribution < -0.4 is 9.47 Å². The Morgan fingerprint density at radius 1 is 1.04 bits per heavy atom. The largest absolute Gasteiger partial charge is 0.497 e. The topological polar surface area (TPSA) is 41.9 Å². The van der Waals surface area contributed by atoms with Gasteiger partial charge in [0.15, 0.2) is 0 Å². The van der Waals surface area contributed by atoms with Crippen molar-refractivity contribution in [3.05, 3.63) is 58.6 Å². The molecular weight excluding hydrogens is 362 g/mol. The van der Waals surface area contributed by atoms with Crippen molar-refractivity contribution in [3.63, 3.8) is 0 Å². The SMILES string of the molecule is COc1ccc(CN2C3CCC2CC(O)(c2ccc(Cl)c(OC)c2)C3)cc1. The molecule has 5 heteroatoms. The van der Waals surface area contributed by atoms with Crippen molar-refractivity contribution in [2.45, 2.75) is 49.9 Å². The number of fused-ring (bicyclic) bond motifs is 2. The summed E-state index contributed by atoms with van der Waals surface area (Å²) >= 11 is 6.16. The summed E-state index contributed by atoms with van der Waals surface area (Å²) in [7, 11) is 3.29. The minimum atomic E-state index is -0.819. The van der Waals surface area contributed by atoms with E-state index in [0.717, 1.165) is 43.5 Å². The number of piperidine rings is 1. The molecule has 27 heavy (non-hydrogen) atoms. The van der Waals surface area contributed by atoms with Crippen LogP contribution in [0.4, 0.5) is 0 Å². The Hall–Kier alpha value is -1.75. The van der Waals surface area contributed by atoms with Crippen molar-refractivity contribution < 1.29 is 14.6 Å². The Labute approximate surface area is 165 Å². The van der Waals surface area contributed by atoms with Crippen LogP contribution in [-0.2, 0) is 12.1 Å². The minimum absolute atomic E-state index is 0.387. The molecule has 1 N–H and O–H groups in total. The van der Waals surface area contributed by atoms with E-state index in [1.165, 1.54) is 5.56 Å². The fourth-order valence-electron chi connectivity index (χ4n) is 4.70. The second kappa shape index (κ2) is 7.34. The number of halogens is 1. The molecule has 4 nitrogen and oxygen atoms in total. The normalized spacial score (nSPS) is 27.6. The molecule has 2 atom stereocenters. The first-order valence-electron chi connectivity index (χ1n) is 9.47. The highest BCUT2D eigenvalue weighted by molar-refractivity contribution is 6.32. The first-order valence-corrected chi connectivity index (χ1v) is 9.85. The van der Waals surface area contributed by atoms with Gasteiger partial charge in [0.05, 0.1) is 24.8 Å². The molecular formula is C22H26ClNO3. The summed E-state index contributed by atoms with van der Waals surface area (Å²) in [6.45, 7) is 0.916. The zero-order valence-electron chi connectivity index (χ0n) is 15.8. The van der Waals surface area contributed by atoms with Gasteiger partial charge >= 0.3 is 0 Å². The van der Waals surface area contributed by atoms with Crippen molar-refractivity contribution >= 4 is 11.6 Å². The van der Waals surface area contributed by atoms with E-state index in [9.17, 15) is 5.11 Å². The van der Waals surface area contributed by atoms with E-state index in [0.29, 0.717) is 22.9 Å². The van der Waals surface area contributed by atoms with Gasteiger partial charge in [-0.05, 0) is 61.1 Å². The lowest BCUT2D eigenvalue weighted by molar-refractivity contribution is -0.0596. The average molecular weight is 388 g/mol. The third kappa shape index (κ3) is 3.54. The lowest BCUT2D eigenvalue weighted by Crippen LogP contribution is -2.49. The highest BCUT2D eigenvalue weighted by Crippen LogP contribution is 2.47. The maximum Gasteiger partial charge on any atom is 0.137 e. The Kier molecular flexibility index (Phi) is 5.06. The van der Waals surface area contributed by atoms with Gasteiger partial charge in [0.2, 0.25) is 0 Å². The van der Waals surface area contributed by atoms with Crippen LogP contribution >= 0.6 is 11.6 Å². The Bertz CT molecular complexity index is 794. The highest BCUT2D eigenvalue weighted by atomic mass is 35.5. The Morgan fingerprint density at radius 3 is 2.30 bits per heavy atom. The molecule has 2 aromatic rings. The van der Waals surface area contributed by atoms with Crippen LogP contribution in [0, 0.1) is 0 Å². The summed E-state index contributed by atoms with van der Waals surface area (Å²) in [5.41, 5.74) is 1.37. The fourth-order valence-corrected chi connectivity index (χ4v) is 4.90. The van der Waals surface area contributed by atoms with E-state index in [1.54, 1.807) is 14.2 Å². The second-order valence-electron chi connectivity index (χ2n) is 7.69. The molecule has 0 aromatic heterocycles. The zero-order valence-corrected chi connectivity index (χ0v) is 16.6. The fraction of sp³-hybridized carbons (Fsp3) is 0.455. The molecule has 0 amide bonds. The molecule has 2 unspecified atom stereocenters. The molecule has 2 saturated heterocycles. The standard InChI is InChI=1S/C22H26ClNO3/c1-26-19-8-3-15(4-9-19)14-24-17-6-7-18(24)13-22(25,12-17)16-5-10-20(23)21(11-16)27-2/h3-5,8-11,17-18,25H,6-7,12-14H2,1-2H3. The summed E-state index contributed by atoms with van der Waals surface area (Å²) in [5.74, 6) is 1.50. The number of hydrogen-bond acceptors (Lipinski definition) is 4. The van der Waals surface area contributed by atoms with E-state index in [1.807, 2.05) is 30.3 Å². The van der Waals surface area contributed by atoms with Crippen molar-refractivity contribution in [2.75, 3.05) is 14.2 Å². The molecule has 2 heterocycles. The molecule has 0 aliphatic carbocycles. The summed E-state index contributed by atoms with van der Waals surface area (Å²) < 4.78 is 10.6. The number of ether oxygens (including phenoxy) is 2. The first kappa shape index (κ1) is 18.6. The van der Waals surface area contributed by atoms with Crippen LogP contribution in [0.2, 0.25) is 5.02 Å². The van der Waals surface area contributed by atoms with Gasteiger partial charge in [0.1, 0.15) is 11.5 Å². The summed E-state index contributed by atoms with van der Waals surface area (Å²) in [6.07, 6.45) is 3.75. The summed E-state index contributed by atoms with van der Waals surface area (Å²) in [5, 5.41) is 12.0.